The molecule has 0 aliphatic heterocycles. The molecule has 2 N–H and O–H groups in total. The van der Waals surface area contributed by atoms with Crippen molar-refractivity contribution in [2.45, 2.75) is 40.1 Å². The zero-order valence-corrected chi connectivity index (χ0v) is 20.0. The molecule has 0 saturated carbocycles. The Morgan fingerprint density at radius 3 is 2.62 bits per heavy atom. The summed E-state index contributed by atoms with van der Waals surface area (Å²) in [6.07, 6.45) is -3.21. The predicted molar refractivity (Wildman–Crippen MR) is 127 cm³/mol. The van der Waals surface area contributed by atoms with E-state index in [2.05, 4.69) is 35.4 Å². The van der Waals surface area contributed by atoms with E-state index in [4.69, 9.17) is 0 Å². The minimum Gasteiger partial charge on any atom is -0.452 e. The van der Waals surface area contributed by atoms with Crippen molar-refractivity contribution >= 4 is 23.3 Å². The number of halogens is 3. The second kappa shape index (κ2) is 10.6. The van der Waals surface area contributed by atoms with Crippen molar-refractivity contribution < 1.29 is 27.5 Å². The Hall–Kier alpha value is -4.55. The molecule has 4 heterocycles. The molecule has 4 aromatic heterocycles. The Bertz CT molecular complexity index is 1480. The van der Waals surface area contributed by atoms with Crippen LogP contribution in [0.3, 0.4) is 0 Å². The standard InChI is InChI=1S/C24H22F3N7O3/c1-12-15(17-6-7-21-32-20(31-14(3)35)11-34(21)33-17)9-16(13(2)30-12)24(36)29-10-18-19(5-4-8-28-18)37-23(27)22(25)26/h4-9,11,22-23H,10H2,1-3H3,(H,29,36)(H,31,35). The molecule has 4 rings (SSSR count). The monoisotopic (exact) mass is 513 g/mol. The van der Waals surface area contributed by atoms with Crippen LogP contribution in [0.5, 0.6) is 5.75 Å². The van der Waals surface area contributed by atoms with Crippen molar-refractivity contribution in [2.75, 3.05) is 5.32 Å². The number of alkyl halides is 3. The summed E-state index contributed by atoms with van der Waals surface area (Å²) in [7, 11) is 0. The van der Waals surface area contributed by atoms with E-state index in [1.165, 1.54) is 29.8 Å². The van der Waals surface area contributed by atoms with E-state index in [-0.39, 0.29) is 29.5 Å². The number of fused-ring (bicyclic) bond motifs is 1. The van der Waals surface area contributed by atoms with Crippen LogP contribution in [-0.2, 0) is 11.3 Å². The summed E-state index contributed by atoms with van der Waals surface area (Å²) in [5.74, 6) is -0.626. The van der Waals surface area contributed by atoms with Gasteiger partial charge in [-0.25, -0.2) is 18.3 Å². The maximum atomic E-state index is 13.4. The predicted octanol–water partition coefficient (Wildman–Crippen LogP) is 3.63. The minimum atomic E-state index is -3.32. The summed E-state index contributed by atoms with van der Waals surface area (Å²) in [5, 5.41) is 9.76. The summed E-state index contributed by atoms with van der Waals surface area (Å²) >= 11 is 0. The highest BCUT2D eigenvalue weighted by Crippen LogP contribution is 2.25. The highest BCUT2D eigenvalue weighted by Gasteiger charge is 2.23. The van der Waals surface area contributed by atoms with E-state index in [1.807, 2.05) is 0 Å². The molecule has 192 valence electrons. The molecular weight excluding hydrogens is 491 g/mol. The highest BCUT2D eigenvalue weighted by atomic mass is 19.3. The molecular formula is C24H22F3N7O3. The molecule has 2 amide bonds. The first-order valence-corrected chi connectivity index (χ1v) is 11.1. The number of rotatable bonds is 8. The maximum absolute atomic E-state index is 13.4. The van der Waals surface area contributed by atoms with Crippen LogP contribution in [0.1, 0.15) is 34.4 Å². The summed E-state index contributed by atoms with van der Waals surface area (Å²) in [4.78, 5) is 37.0. The summed E-state index contributed by atoms with van der Waals surface area (Å²) < 4.78 is 44.6. The summed E-state index contributed by atoms with van der Waals surface area (Å²) in [5.41, 5.74) is 3.03. The number of hydrogen-bond acceptors (Lipinski definition) is 7. The number of hydrogen-bond donors (Lipinski definition) is 2. The first kappa shape index (κ1) is 25.5. The van der Waals surface area contributed by atoms with Crippen molar-refractivity contribution in [2.24, 2.45) is 0 Å². The second-order valence-corrected chi connectivity index (χ2v) is 8.02. The van der Waals surface area contributed by atoms with Gasteiger partial charge in [-0.2, -0.15) is 9.49 Å². The molecule has 4 aromatic rings. The average Bonchev–Trinajstić information content (AvgIpc) is 3.24. The third kappa shape index (κ3) is 5.82. The Labute approximate surface area is 208 Å². The van der Waals surface area contributed by atoms with E-state index >= 15 is 0 Å². The van der Waals surface area contributed by atoms with Crippen molar-refractivity contribution in [3.05, 3.63) is 65.4 Å². The van der Waals surface area contributed by atoms with Crippen molar-refractivity contribution in [1.29, 1.82) is 0 Å². The summed E-state index contributed by atoms with van der Waals surface area (Å²) in [6, 6.07) is 7.76. The van der Waals surface area contributed by atoms with Gasteiger partial charge in [0.15, 0.2) is 11.5 Å². The Morgan fingerprint density at radius 2 is 1.89 bits per heavy atom. The fourth-order valence-corrected chi connectivity index (χ4v) is 3.58. The SMILES string of the molecule is CC(=O)Nc1cn2nc(-c3cc(C(=O)NCc4ncccc4OC(F)C(F)F)c(C)nc3C)ccc2n1. The molecule has 0 aliphatic carbocycles. The zero-order chi connectivity index (χ0) is 26.7. The molecule has 0 saturated heterocycles. The quantitative estimate of drug-likeness (QED) is 0.369. The molecule has 0 bridgehead atoms. The van der Waals surface area contributed by atoms with Gasteiger partial charge in [0.25, 0.3) is 12.3 Å². The van der Waals surface area contributed by atoms with E-state index in [0.717, 1.165) is 0 Å². The number of aryl methyl sites for hydroxylation is 2. The lowest BCUT2D eigenvalue weighted by Crippen LogP contribution is -2.26. The number of imidazole rings is 1. The van der Waals surface area contributed by atoms with Crippen LogP contribution in [0.15, 0.2) is 42.7 Å². The molecule has 1 atom stereocenters. The van der Waals surface area contributed by atoms with Crippen LogP contribution in [0, 0.1) is 13.8 Å². The molecule has 37 heavy (non-hydrogen) atoms. The highest BCUT2D eigenvalue weighted by molar-refractivity contribution is 5.96. The fourth-order valence-electron chi connectivity index (χ4n) is 3.58. The van der Waals surface area contributed by atoms with Gasteiger partial charge in [0.05, 0.1) is 29.7 Å². The van der Waals surface area contributed by atoms with Gasteiger partial charge in [0.2, 0.25) is 5.91 Å². The third-order valence-electron chi connectivity index (χ3n) is 5.25. The summed E-state index contributed by atoms with van der Waals surface area (Å²) in [6.45, 7) is 4.63. The largest absolute Gasteiger partial charge is 0.452 e. The second-order valence-electron chi connectivity index (χ2n) is 8.02. The van der Waals surface area contributed by atoms with Crippen LogP contribution in [0.4, 0.5) is 19.0 Å². The smallest absolute Gasteiger partial charge is 0.304 e. The van der Waals surface area contributed by atoms with Crippen LogP contribution < -0.4 is 15.4 Å². The fraction of sp³-hybridized carbons (Fsp3) is 0.250. The number of aromatic nitrogens is 5. The minimum absolute atomic E-state index is 0.0827. The van der Waals surface area contributed by atoms with Crippen LogP contribution in [-0.4, -0.2) is 49.2 Å². The number of nitrogens with zero attached hydrogens (tertiary/aromatic N) is 5. The van der Waals surface area contributed by atoms with Crippen LogP contribution in [0.2, 0.25) is 0 Å². The van der Waals surface area contributed by atoms with Gasteiger partial charge in [-0.05, 0) is 44.2 Å². The average molecular weight is 513 g/mol. The molecule has 0 aliphatic rings. The lowest BCUT2D eigenvalue weighted by atomic mass is 10.0. The van der Waals surface area contributed by atoms with Gasteiger partial charge in [-0.3, -0.25) is 19.6 Å². The molecule has 1 unspecified atom stereocenters. The number of carbonyl (C=O) groups is 2. The Kier molecular flexibility index (Phi) is 7.32. The van der Waals surface area contributed by atoms with Gasteiger partial charge in [0.1, 0.15) is 11.4 Å². The third-order valence-corrected chi connectivity index (χ3v) is 5.25. The molecule has 0 fully saturated rings. The Morgan fingerprint density at radius 1 is 1.11 bits per heavy atom. The number of pyridine rings is 2. The zero-order valence-electron chi connectivity index (χ0n) is 20.0. The normalized spacial score (nSPS) is 12.0. The van der Waals surface area contributed by atoms with E-state index < -0.39 is 18.7 Å². The number of ether oxygens (including phenoxy) is 1. The number of amides is 2. The first-order chi connectivity index (χ1) is 17.6. The van der Waals surface area contributed by atoms with Crippen molar-refractivity contribution in [3.8, 4) is 17.0 Å². The van der Waals surface area contributed by atoms with Gasteiger partial charge < -0.3 is 15.4 Å². The van der Waals surface area contributed by atoms with Gasteiger partial charge in [-0.15, -0.1) is 0 Å². The van der Waals surface area contributed by atoms with Gasteiger partial charge in [-0.1, -0.05) is 0 Å². The topological polar surface area (TPSA) is 123 Å². The Balaban J connectivity index is 1.57. The molecule has 0 spiro atoms. The van der Waals surface area contributed by atoms with Crippen LogP contribution in [0.25, 0.3) is 16.9 Å². The van der Waals surface area contributed by atoms with E-state index in [9.17, 15) is 22.8 Å². The van der Waals surface area contributed by atoms with E-state index in [0.29, 0.717) is 34.1 Å². The number of anilines is 1. The number of nitrogens with one attached hydrogen (secondary N) is 2. The molecule has 0 radical (unpaired) electrons. The van der Waals surface area contributed by atoms with Gasteiger partial charge >= 0.3 is 6.43 Å². The first-order valence-electron chi connectivity index (χ1n) is 11.1. The van der Waals surface area contributed by atoms with Crippen molar-refractivity contribution in [1.82, 2.24) is 29.9 Å². The molecule has 0 aromatic carbocycles. The maximum Gasteiger partial charge on any atom is 0.304 e. The number of carbonyl (C=O) groups excluding carboxylic acids is 2. The molecule has 10 nitrogen and oxygen atoms in total. The van der Waals surface area contributed by atoms with Crippen LogP contribution >= 0.6 is 0 Å². The van der Waals surface area contributed by atoms with Crippen molar-refractivity contribution in [3.63, 3.8) is 0 Å². The lowest BCUT2D eigenvalue weighted by molar-refractivity contribution is -0.114. The van der Waals surface area contributed by atoms with E-state index in [1.54, 1.807) is 38.2 Å². The molecule has 13 heteroatoms. The van der Waals surface area contributed by atoms with Gasteiger partial charge in [0, 0.05) is 24.4 Å². The lowest BCUT2D eigenvalue weighted by Gasteiger charge is -2.15.